The highest BCUT2D eigenvalue weighted by molar-refractivity contribution is 5.76. The van der Waals surface area contributed by atoms with Crippen molar-refractivity contribution >= 4 is 11.9 Å². The number of hydrogen-bond donors (Lipinski definition) is 1. The summed E-state index contributed by atoms with van der Waals surface area (Å²) in [4.78, 5) is 22.4. The number of amides is 1. The fourth-order valence-corrected chi connectivity index (χ4v) is 1.72. The zero-order valence-electron chi connectivity index (χ0n) is 9.96. The molecule has 1 saturated carbocycles. The molecule has 1 amide bonds. The Labute approximate surface area is 96.7 Å². The Balaban J connectivity index is 1.93. The third kappa shape index (κ3) is 5.14. The second-order valence-electron chi connectivity index (χ2n) is 4.26. The molecule has 0 atom stereocenters. The van der Waals surface area contributed by atoms with Gasteiger partial charge in [-0.25, -0.2) is 0 Å². The first-order chi connectivity index (χ1) is 7.72. The molecule has 4 heteroatoms. The molecular weight excluding hydrogens is 206 g/mol. The number of carbonyl (C=O) groups excluding carboxylic acids is 2. The molecule has 0 bridgehead atoms. The second-order valence-corrected chi connectivity index (χ2v) is 4.26. The van der Waals surface area contributed by atoms with Gasteiger partial charge in [-0.2, -0.15) is 0 Å². The Kier molecular flexibility index (Phi) is 5.90. The fourth-order valence-electron chi connectivity index (χ4n) is 1.72. The first-order valence-electron chi connectivity index (χ1n) is 6.14. The Bertz CT molecular complexity index is 236. The summed E-state index contributed by atoms with van der Waals surface area (Å²) in [6.45, 7) is 2.79. The smallest absolute Gasteiger partial charge is 0.305 e. The summed E-state index contributed by atoms with van der Waals surface area (Å²) < 4.78 is 4.79. The van der Waals surface area contributed by atoms with Crippen LogP contribution in [0.25, 0.3) is 0 Å². The van der Waals surface area contributed by atoms with E-state index in [9.17, 15) is 9.59 Å². The van der Waals surface area contributed by atoms with Crippen molar-refractivity contribution in [3.05, 3.63) is 0 Å². The standard InChI is InChI=1S/C12H21NO3/c1-2-16-12(15)7-4-8-13-11(14)9-10-5-3-6-10/h10H,2-9H2,1H3,(H,13,14). The lowest BCUT2D eigenvalue weighted by atomic mass is 9.83. The Morgan fingerprint density at radius 3 is 2.69 bits per heavy atom. The Morgan fingerprint density at radius 2 is 2.12 bits per heavy atom. The molecule has 0 heterocycles. The van der Waals surface area contributed by atoms with Gasteiger partial charge in [0.25, 0.3) is 0 Å². The van der Waals surface area contributed by atoms with E-state index in [2.05, 4.69) is 5.32 Å². The van der Waals surface area contributed by atoms with E-state index in [4.69, 9.17) is 4.74 Å². The van der Waals surface area contributed by atoms with Crippen LogP contribution in [0.5, 0.6) is 0 Å². The van der Waals surface area contributed by atoms with Gasteiger partial charge in [0.2, 0.25) is 5.91 Å². The van der Waals surface area contributed by atoms with Crippen LogP contribution in [0.4, 0.5) is 0 Å². The molecule has 4 nitrogen and oxygen atoms in total. The maximum Gasteiger partial charge on any atom is 0.305 e. The summed E-state index contributed by atoms with van der Waals surface area (Å²) >= 11 is 0. The van der Waals surface area contributed by atoms with Crippen LogP contribution in [0.15, 0.2) is 0 Å². The summed E-state index contributed by atoms with van der Waals surface area (Å²) in [6.07, 6.45) is 5.35. The number of carbonyl (C=O) groups is 2. The molecule has 16 heavy (non-hydrogen) atoms. The normalized spacial score (nSPS) is 15.3. The Hall–Kier alpha value is -1.06. The van der Waals surface area contributed by atoms with Gasteiger partial charge in [0.05, 0.1) is 6.61 Å². The van der Waals surface area contributed by atoms with Crippen molar-refractivity contribution in [3.8, 4) is 0 Å². The fraction of sp³-hybridized carbons (Fsp3) is 0.833. The molecule has 0 aromatic carbocycles. The van der Waals surface area contributed by atoms with Gasteiger partial charge < -0.3 is 10.1 Å². The van der Waals surface area contributed by atoms with Gasteiger partial charge in [-0.15, -0.1) is 0 Å². The van der Waals surface area contributed by atoms with E-state index < -0.39 is 0 Å². The van der Waals surface area contributed by atoms with Gasteiger partial charge >= 0.3 is 5.97 Å². The van der Waals surface area contributed by atoms with Crippen molar-refractivity contribution in [1.29, 1.82) is 0 Å². The highest BCUT2D eigenvalue weighted by atomic mass is 16.5. The summed E-state index contributed by atoms with van der Waals surface area (Å²) in [6, 6.07) is 0. The van der Waals surface area contributed by atoms with Gasteiger partial charge in [-0.05, 0) is 32.1 Å². The first-order valence-corrected chi connectivity index (χ1v) is 6.14. The molecule has 1 N–H and O–H groups in total. The van der Waals surface area contributed by atoms with Crippen LogP contribution in [0.2, 0.25) is 0 Å². The average molecular weight is 227 g/mol. The number of rotatable bonds is 7. The summed E-state index contributed by atoms with van der Waals surface area (Å²) in [5.41, 5.74) is 0. The monoisotopic (exact) mass is 227 g/mol. The van der Waals surface area contributed by atoms with E-state index >= 15 is 0 Å². The molecule has 1 aliphatic carbocycles. The molecule has 0 aromatic heterocycles. The minimum atomic E-state index is -0.184. The quantitative estimate of drug-likeness (QED) is 0.531. The van der Waals surface area contributed by atoms with Crippen LogP contribution in [0, 0.1) is 5.92 Å². The van der Waals surface area contributed by atoms with Crippen LogP contribution >= 0.6 is 0 Å². The highest BCUT2D eigenvalue weighted by Gasteiger charge is 2.20. The third-order valence-corrected chi connectivity index (χ3v) is 2.88. The van der Waals surface area contributed by atoms with Gasteiger partial charge in [-0.1, -0.05) is 6.42 Å². The molecule has 92 valence electrons. The first kappa shape index (κ1) is 13.0. The minimum absolute atomic E-state index is 0.119. The molecule has 0 saturated heterocycles. The summed E-state index contributed by atoms with van der Waals surface area (Å²) in [7, 11) is 0. The molecule has 1 aliphatic rings. The number of hydrogen-bond acceptors (Lipinski definition) is 3. The maximum atomic E-state index is 11.4. The topological polar surface area (TPSA) is 55.4 Å². The largest absolute Gasteiger partial charge is 0.466 e. The van der Waals surface area contributed by atoms with E-state index in [0.29, 0.717) is 38.3 Å². The van der Waals surface area contributed by atoms with Crippen LogP contribution < -0.4 is 5.32 Å². The van der Waals surface area contributed by atoms with Gasteiger partial charge in [0, 0.05) is 19.4 Å². The molecule has 0 spiro atoms. The number of esters is 1. The lowest BCUT2D eigenvalue weighted by Gasteiger charge is -2.24. The van der Waals surface area contributed by atoms with Gasteiger partial charge in [0.15, 0.2) is 0 Å². The van der Waals surface area contributed by atoms with Crippen molar-refractivity contribution in [2.75, 3.05) is 13.2 Å². The predicted molar refractivity (Wildman–Crippen MR) is 60.8 cm³/mol. The van der Waals surface area contributed by atoms with Crippen LogP contribution in [0.3, 0.4) is 0 Å². The lowest BCUT2D eigenvalue weighted by Crippen LogP contribution is -2.28. The average Bonchev–Trinajstić information content (AvgIpc) is 2.19. The van der Waals surface area contributed by atoms with Gasteiger partial charge in [0.1, 0.15) is 0 Å². The van der Waals surface area contributed by atoms with E-state index in [0.717, 1.165) is 0 Å². The molecule has 0 radical (unpaired) electrons. The van der Waals surface area contributed by atoms with Crippen LogP contribution in [-0.2, 0) is 14.3 Å². The molecule has 0 aliphatic heterocycles. The van der Waals surface area contributed by atoms with E-state index in [1.165, 1.54) is 19.3 Å². The zero-order chi connectivity index (χ0) is 11.8. The molecule has 0 aromatic rings. The summed E-state index contributed by atoms with van der Waals surface area (Å²) in [5.74, 6) is 0.536. The van der Waals surface area contributed by atoms with Crippen molar-refractivity contribution in [2.24, 2.45) is 5.92 Å². The van der Waals surface area contributed by atoms with Crippen LogP contribution in [-0.4, -0.2) is 25.0 Å². The second kappa shape index (κ2) is 7.25. The van der Waals surface area contributed by atoms with E-state index in [1.807, 2.05) is 0 Å². The SMILES string of the molecule is CCOC(=O)CCCNC(=O)CC1CCC1. The lowest BCUT2D eigenvalue weighted by molar-refractivity contribution is -0.143. The highest BCUT2D eigenvalue weighted by Crippen LogP contribution is 2.28. The van der Waals surface area contributed by atoms with E-state index in [-0.39, 0.29) is 11.9 Å². The summed E-state index contributed by atoms with van der Waals surface area (Å²) in [5, 5.41) is 2.83. The minimum Gasteiger partial charge on any atom is -0.466 e. The van der Waals surface area contributed by atoms with Crippen molar-refractivity contribution in [3.63, 3.8) is 0 Å². The molecule has 0 unspecified atom stereocenters. The molecular formula is C12H21NO3. The third-order valence-electron chi connectivity index (χ3n) is 2.88. The molecule has 1 fully saturated rings. The van der Waals surface area contributed by atoms with Crippen molar-refractivity contribution in [2.45, 2.75) is 45.4 Å². The van der Waals surface area contributed by atoms with Crippen LogP contribution in [0.1, 0.15) is 45.4 Å². The Morgan fingerprint density at radius 1 is 1.38 bits per heavy atom. The number of ether oxygens (including phenoxy) is 1. The van der Waals surface area contributed by atoms with E-state index in [1.54, 1.807) is 6.92 Å². The number of nitrogens with one attached hydrogen (secondary N) is 1. The van der Waals surface area contributed by atoms with Crippen molar-refractivity contribution < 1.29 is 14.3 Å². The van der Waals surface area contributed by atoms with Crippen molar-refractivity contribution in [1.82, 2.24) is 5.32 Å². The molecule has 1 rings (SSSR count). The zero-order valence-corrected chi connectivity index (χ0v) is 9.96. The predicted octanol–water partition coefficient (Wildman–Crippen LogP) is 1.64. The maximum absolute atomic E-state index is 11.4. The van der Waals surface area contributed by atoms with Gasteiger partial charge in [-0.3, -0.25) is 9.59 Å².